The highest BCUT2D eigenvalue weighted by Gasteiger charge is 2.05. The number of pyridine rings is 1. The lowest BCUT2D eigenvalue weighted by Gasteiger charge is -2.04. The van der Waals surface area contributed by atoms with Crippen molar-refractivity contribution in [3.63, 3.8) is 0 Å². The summed E-state index contributed by atoms with van der Waals surface area (Å²) in [6, 6.07) is 9.76. The molecule has 0 aliphatic carbocycles. The van der Waals surface area contributed by atoms with Crippen molar-refractivity contribution in [3.8, 4) is 11.4 Å². The number of nitrogens with one attached hydrogen (secondary N) is 1. The van der Waals surface area contributed by atoms with Gasteiger partial charge in [0.05, 0.1) is 5.69 Å². The topological polar surface area (TPSA) is 55.1 Å². The smallest absolute Gasteiger partial charge is 0.148 e. The molecule has 5 heteroatoms. The highest BCUT2D eigenvalue weighted by Crippen LogP contribution is 2.18. The number of hydrogen-bond donors (Lipinski definition) is 1. The zero-order valence-corrected chi connectivity index (χ0v) is 9.33. The number of nitrogens with zero attached hydrogens (tertiary/aromatic N) is 4. The van der Waals surface area contributed by atoms with E-state index in [2.05, 4.69) is 20.5 Å². The van der Waals surface area contributed by atoms with Gasteiger partial charge in [0.1, 0.15) is 17.2 Å². The van der Waals surface area contributed by atoms with Crippen molar-refractivity contribution in [1.82, 2.24) is 19.6 Å². The molecule has 0 aliphatic rings. The van der Waals surface area contributed by atoms with Gasteiger partial charge in [0.25, 0.3) is 0 Å². The second-order valence-corrected chi connectivity index (χ2v) is 3.62. The minimum Gasteiger partial charge on any atom is -0.372 e. The molecule has 0 amide bonds. The summed E-state index contributed by atoms with van der Waals surface area (Å²) in [6.07, 6.45) is 3.69. The van der Waals surface area contributed by atoms with Gasteiger partial charge in [0.2, 0.25) is 0 Å². The Kier molecular flexibility index (Phi) is 2.22. The maximum absolute atomic E-state index is 4.24. The van der Waals surface area contributed by atoms with E-state index in [-0.39, 0.29) is 0 Å². The Morgan fingerprint density at radius 1 is 1.12 bits per heavy atom. The van der Waals surface area contributed by atoms with Crippen LogP contribution in [-0.4, -0.2) is 26.6 Å². The molecule has 17 heavy (non-hydrogen) atoms. The summed E-state index contributed by atoms with van der Waals surface area (Å²) >= 11 is 0. The summed E-state index contributed by atoms with van der Waals surface area (Å²) in [4.78, 5) is 4.24. The SMILES string of the molecule is CNc1ccc(-c2cccc3nccn23)nn1. The van der Waals surface area contributed by atoms with Gasteiger partial charge in [-0.2, -0.15) is 0 Å². The number of aromatic nitrogens is 4. The standard InChI is InChI=1S/C12H11N5/c1-13-11-6-5-9(15-16-11)10-3-2-4-12-14-7-8-17(10)12/h2-8H,1H3,(H,13,16). The summed E-state index contributed by atoms with van der Waals surface area (Å²) < 4.78 is 1.99. The molecule has 0 aliphatic heterocycles. The van der Waals surface area contributed by atoms with E-state index < -0.39 is 0 Å². The highest BCUT2D eigenvalue weighted by molar-refractivity contribution is 5.60. The van der Waals surface area contributed by atoms with Gasteiger partial charge in [-0.3, -0.25) is 4.40 Å². The lowest BCUT2D eigenvalue weighted by Crippen LogP contribution is -1.97. The Morgan fingerprint density at radius 3 is 2.82 bits per heavy atom. The first-order valence-corrected chi connectivity index (χ1v) is 5.32. The molecule has 0 fully saturated rings. The summed E-state index contributed by atoms with van der Waals surface area (Å²) in [6.45, 7) is 0. The second kappa shape index (κ2) is 3.86. The number of rotatable bonds is 2. The van der Waals surface area contributed by atoms with Crippen LogP contribution in [0.1, 0.15) is 0 Å². The average Bonchev–Trinajstić information content (AvgIpc) is 2.87. The first-order chi connectivity index (χ1) is 8.38. The molecule has 0 atom stereocenters. The van der Waals surface area contributed by atoms with Gasteiger partial charge >= 0.3 is 0 Å². The van der Waals surface area contributed by atoms with E-state index in [1.807, 2.05) is 48.0 Å². The normalized spacial score (nSPS) is 10.6. The molecular weight excluding hydrogens is 214 g/mol. The molecule has 0 bridgehead atoms. The van der Waals surface area contributed by atoms with Gasteiger partial charge in [0, 0.05) is 19.4 Å². The molecule has 3 heterocycles. The van der Waals surface area contributed by atoms with Crippen LogP contribution < -0.4 is 5.32 Å². The fourth-order valence-corrected chi connectivity index (χ4v) is 1.76. The van der Waals surface area contributed by atoms with E-state index in [0.717, 1.165) is 22.9 Å². The molecule has 0 radical (unpaired) electrons. The summed E-state index contributed by atoms with van der Waals surface area (Å²) in [5, 5.41) is 11.2. The third kappa shape index (κ3) is 1.61. The van der Waals surface area contributed by atoms with Crippen molar-refractivity contribution < 1.29 is 0 Å². The lowest BCUT2D eigenvalue weighted by atomic mass is 10.2. The summed E-state index contributed by atoms with van der Waals surface area (Å²) in [5.41, 5.74) is 2.71. The zero-order valence-electron chi connectivity index (χ0n) is 9.33. The first kappa shape index (κ1) is 9.77. The molecule has 5 nitrogen and oxygen atoms in total. The van der Waals surface area contributed by atoms with Crippen LogP contribution in [0.4, 0.5) is 5.82 Å². The highest BCUT2D eigenvalue weighted by atomic mass is 15.2. The number of imidazole rings is 1. The Labute approximate surface area is 98.1 Å². The van der Waals surface area contributed by atoms with Gasteiger partial charge in [-0.15, -0.1) is 10.2 Å². The van der Waals surface area contributed by atoms with Gasteiger partial charge in [-0.25, -0.2) is 4.98 Å². The molecule has 0 saturated heterocycles. The third-order valence-corrected chi connectivity index (χ3v) is 2.61. The van der Waals surface area contributed by atoms with E-state index >= 15 is 0 Å². The molecule has 0 saturated carbocycles. The number of fused-ring (bicyclic) bond motifs is 1. The minimum atomic E-state index is 0.756. The maximum atomic E-state index is 4.24. The Bertz CT molecular complexity index is 641. The molecule has 0 aromatic carbocycles. The fourth-order valence-electron chi connectivity index (χ4n) is 1.76. The van der Waals surface area contributed by atoms with E-state index in [1.165, 1.54) is 0 Å². The van der Waals surface area contributed by atoms with Crippen LogP contribution in [0, 0.1) is 0 Å². The van der Waals surface area contributed by atoms with E-state index in [9.17, 15) is 0 Å². The van der Waals surface area contributed by atoms with Crippen molar-refractivity contribution in [2.24, 2.45) is 0 Å². The van der Waals surface area contributed by atoms with E-state index in [1.54, 1.807) is 6.20 Å². The molecule has 84 valence electrons. The van der Waals surface area contributed by atoms with Crippen molar-refractivity contribution in [1.29, 1.82) is 0 Å². The Balaban J connectivity index is 2.16. The van der Waals surface area contributed by atoms with Crippen LogP contribution in [0.2, 0.25) is 0 Å². The first-order valence-electron chi connectivity index (χ1n) is 5.32. The molecular formula is C12H11N5. The van der Waals surface area contributed by atoms with Crippen molar-refractivity contribution >= 4 is 11.5 Å². The number of anilines is 1. The van der Waals surface area contributed by atoms with Crippen molar-refractivity contribution in [3.05, 3.63) is 42.7 Å². The van der Waals surface area contributed by atoms with Crippen LogP contribution in [0.15, 0.2) is 42.7 Å². The Hall–Kier alpha value is -2.43. The molecule has 3 rings (SSSR count). The van der Waals surface area contributed by atoms with Crippen LogP contribution in [0.3, 0.4) is 0 Å². The third-order valence-electron chi connectivity index (χ3n) is 2.61. The van der Waals surface area contributed by atoms with Gasteiger partial charge in [-0.1, -0.05) is 6.07 Å². The van der Waals surface area contributed by atoms with Gasteiger partial charge in [-0.05, 0) is 24.3 Å². The summed E-state index contributed by atoms with van der Waals surface area (Å²) in [7, 11) is 1.82. The van der Waals surface area contributed by atoms with Crippen LogP contribution in [0.25, 0.3) is 17.0 Å². The molecule has 3 aromatic heterocycles. The molecule has 0 unspecified atom stereocenters. The van der Waals surface area contributed by atoms with Crippen molar-refractivity contribution in [2.75, 3.05) is 12.4 Å². The predicted octanol–water partition coefficient (Wildman–Crippen LogP) is 1.83. The zero-order chi connectivity index (χ0) is 11.7. The lowest BCUT2D eigenvalue weighted by molar-refractivity contribution is 1.02. The average molecular weight is 225 g/mol. The number of hydrogen-bond acceptors (Lipinski definition) is 4. The van der Waals surface area contributed by atoms with E-state index in [0.29, 0.717) is 0 Å². The maximum Gasteiger partial charge on any atom is 0.148 e. The quantitative estimate of drug-likeness (QED) is 0.723. The molecule has 0 spiro atoms. The Morgan fingerprint density at radius 2 is 2.06 bits per heavy atom. The summed E-state index contributed by atoms with van der Waals surface area (Å²) in [5.74, 6) is 0.756. The van der Waals surface area contributed by atoms with Gasteiger partial charge < -0.3 is 5.32 Å². The van der Waals surface area contributed by atoms with E-state index in [4.69, 9.17) is 0 Å². The van der Waals surface area contributed by atoms with Crippen LogP contribution >= 0.6 is 0 Å². The van der Waals surface area contributed by atoms with Crippen LogP contribution in [0.5, 0.6) is 0 Å². The molecule has 3 aromatic rings. The monoisotopic (exact) mass is 225 g/mol. The largest absolute Gasteiger partial charge is 0.372 e. The van der Waals surface area contributed by atoms with Crippen LogP contribution in [-0.2, 0) is 0 Å². The molecule has 1 N–H and O–H groups in total. The fraction of sp³-hybridized carbons (Fsp3) is 0.0833. The van der Waals surface area contributed by atoms with Crippen molar-refractivity contribution in [2.45, 2.75) is 0 Å². The second-order valence-electron chi connectivity index (χ2n) is 3.62. The van der Waals surface area contributed by atoms with Gasteiger partial charge in [0.15, 0.2) is 0 Å². The predicted molar refractivity (Wildman–Crippen MR) is 65.8 cm³/mol. The minimum absolute atomic E-state index is 0.756.